The van der Waals surface area contributed by atoms with Crippen LogP contribution in [0.5, 0.6) is 0 Å². The van der Waals surface area contributed by atoms with Crippen LogP contribution >= 0.6 is 0 Å². The maximum atomic E-state index is 4.30. The fourth-order valence-corrected chi connectivity index (χ4v) is 2.16. The molecule has 0 amide bonds. The van der Waals surface area contributed by atoms with Crippen LogP contribution in [-0.2, 0) is 0 Å². The molecule has 94 valence electrons. The van der Waals surface area contributed by atoms with Gasteiger partial charge < -0.3 is 15.5 Å². The van der Waals surface area contributed by atoms with Gasteiger partial charge in [-0.25, -0.2) is 4.98 Å². The lowest BCUT2D eigenvalue weighted by molar-refractivity contribution is 0.414. The largest absolute Gasteiger partial charge is 0.381 e. The monoisotopic (exact) mass is 234 g/mol. The summed E-state index contributed by atoms with van der Waals surface area (Å²) in [7, 11) is 2.17. The summed E-state index contributed by atoms with van der Waals surface area (Å²) >= 11 is 0. The molecule has 2 N–H and O–H groups in total. The van der Waals surface area contributed by atoms with Crippen LogP contribution in [0.3, 0.4) is 0 Å². The molecule has 0 radical (unpaired) electrons. The van der Waals surface area contributed by atoms with Crippen LogP contribution in [0, 0.1) is 0 Å². The highest BCUT2D eigenvalue weighted by atomic mass is 15.2. The van der Waals surface area contributed by atoms with Gasteiger partial charge in [0.05, 0.1) is 0 Å². The average molecular weight is 234 g/mol. The molecule has 0 aromatic carbocycles. The van der Waals surface area contributed by atoms with Gasteiger partial charge in [-0.1, -0.05) is 6.92 Å². The molecule has 17 heavy (non-hydrogen) atoms. The van der Waals surface area contributed by atoms with Gasteiger partial charge in [0.2, 0.25) is 0 Å². The van der Waals surface area contributed by atoms with Crippen molar-refractivity contribution in [3.05, 3.63) is 18.3 Å². The predicted molar refractivity (Wildman–Crippen MR) is 72.5 cm³/mol. The zero-order chi connectivity index (χ0) is 12.1. The molecule has 1 aliphatic rings. The lowest BCUT2D eigenvalue weighted by Crippen LogP contribution is -2.23. The standard InChI is InChI=1S/C13H22N4/c1-3-6-14-13-9-11(4-7-15-13)16-12-5-8-17(2)10-12/h4,7,9,12H,3,5-6,8,10H2,1-2H3,(H2,14,15,16). The van der Waals surface area contributed by atoms with E-state index in [2.05, 4.69) is 40.6 Å². The first-order valence-electron chi connectivity index (χ1n) is 6.43. The minimum absolute atomic E-state index is 0.571. The number of nitrogens with zero attached hydrogens (tertiary/aromatic N) is 2. The van der Waals surface area contributed by atoms with E-state index in [0.29, 0.717) is 6.04 Å². The molecule has 0 spiro atoms. The van der Waals surface area contributed by atoms with Crippen molar-refractivity contribution in [2.24, 2.45) is 0 Å². The van der Waals surface area contributed by atoms with Gasteiger partial charge in [0.15, 0.2) is 0 Å². The Hall–Kier alpha value is -1.29. The van der Waals surface area contributed by atoms with Crippen molar-refractivity contribution in [2.75, 3.05) is 37.3 Å². The number of pyridine rings is 1. The van der Waals surface area contributed by atoms with Gasteiger partial charge >= 0.3 is 0 Å². The Morgan fingerprint density at radius 2 is 2.41 bits per heavy atom. The number of hydrogen-bond donors (Lipinski definition) is 2. The van der Waals surface area contributed by atoms with E-state index in [4.69, 9.17) is 0 Å². The molecular weight excluding hydrogens is 212 g/mol. The van der Waals surface area contributed by atoms with Gasteiger partial charge in [0.25, 0.3) is 0 Å². The third-order valence-corrected chi connectivity index (χ3v) is 3.08. The van der Waals surface area contributed by atoms with E-state index < -0.39 is 0 Å². The molecule has 0 bridgehead atoms. The van der Waals surface area contributed by atoms with Gasteiger partial charge in [0.1, 0.15) is 5.82 Å². The maximum absolute atomic E-state index is 4.30. The molecular formula is C13H22N4. The van der Waals surface area contributed by atoms with E-state index in [1.165, 1.54) is 18.7 Å². The first kappa shape index (κ1) is 12.2. The number of anilines is 2. The van der Waals surface area contributed by atoms with Crippen molar-refractivity contribution in [3.8, 4) is 0 Å². The first-order chi connectivity index (χ1) is 8.28. The highest BCUT2D eigenvalue weighted by Gasteiger charge is 2.18. The number of hydrogen-bond acceptors (Lipinski definition) is 4. The van der Waals surface area contributed by atoms with E-state index in [1.54, 1.807) is 0 Å². The van der Waals surface area contributed by atoms with Crippen LogP contribution in [-0.4, -0.2) is 42.6 Å². The topological polar surface area (TPSA) is 40.2 Å². The lowest BCUT2D eigenvalue weighted by atomic mass is 10.2. The van der Waals surface area contributed by atoms with E-state index in [-0.39, 0.29) is 0 Å². The van der Waals surface area contributed by atoms with Gasteiger partial charge in [-0.2, -0.15) is 0 Å². The Morgan fingerprint density at radius 1 is 1.53 bits per heavy atom. The Morgan fingerprint density at radius 3 is 3.12 bits per heavy atom. The fourth-order valence-electron chi connectivity index (χ4n) is 2.16. The van der Waals surface area contributed by atoms with Crippen LogP contribution in [0.4, 0.5) is 11.5 Å². The van der Waals surface area contributed by atoms with E-state index in [9.17, 15) is 0 Å². The summed E-state index contributed by atoms with van der Waals surface area (Å²) < 4.78 is 0. The summed E-state index contributed by atoms with van der Waals surface area (Å²) in [5.74, 6) is 0.961. The number of likely N-dealkylation sites (tertiary alicyclic amines) is 1. The molecule has 0 saturated carbocycles. The van der Waals surface area contributed by atoms with Crippen molar-refractivity contribution in [2.45, 2.75) is 25.8 Å². The van der Waals surface area contributed by atoms with Crippen LogP contribution < -0.4 is 10.6 Å². The number of aromatic nitrogens is 1. The maximum Gasteiger partial charge on any atom is 0.127 e. The van der Waals surface area contributed by atoms with Crippen molar-refractivity contribution < 1.29 is 0 Å². The van der Waals surface area contributed by atoms with Crippen molar-refractivity contribution in [3.63, 3.8) is 0 Å². The van der Waals surface area contributed by atoms with Crippen LogP contribution in [0.2, 0.25) is 0 Å². The molecule has 1 aromatic heterocycles. The summed E-state index contributed by atoms with van der Waals surface area (Å²) in [5.41, 5.74) is 1.17. The predicted octanol–water partition coefficient (Wildman–Crippen LogP) is 2.02. The smallest absolute Gasteiger partial charge is 0.127 e. The number of nitrogens with one attached hydrogen (secondary N) is 2. The zero-order valence-electron chi connectivity index (χ0n) is 10.7. The molecule has 1 aromatic rings. The second kappa shape index (κ2) is 5.87. The molecule has 4 nitrogen and oxygen atoms in total. The van der Waals surface area contributed by atoms with Crippen molar-refractivity contribution in [1.29, 1.82) is 0 Å². The van der Waals surface area contributed by atoms with Crippen LogP contribution in [0.1, 0.15) is 19.8 Å². The highest BCUT2D eigenvalue weighted by molar-refractivity contribution is 5.52. The quantitative estimate of drug-likeness (QED) is 0.817. The normalized spacial score (nSPS) is 20.5. The third kappa shape index (κ3) is 3.60. The summed E-state index contributed by atoms with van der Waals surface area (Å²) in [4.78, 5) is 6.66. The van der Waals surface area contributed by atoms with Crippen LogP contribution in [0.25, 0.3) is 0 Å². The lowest BCUT2D eigenvalue weighted by Gasteiger charge is -2.15. The van der Waals surface area contributed by atoms with Gasteiger partial charge in [0, 0.05) is 37.1 Å². The van der Waals surface area contributed by atoms with Gasteiger partial charge in [-0.15, -0.1) is 0 Å². The van der Waals surface area contributed by atoms with Crippen LogP contribution in [0.15, 0.2) is 18.3 Å². The number of rotatable bonds is 5. The minimum Gasteiger partial charge on any atom is -0.381 e. The summed E-state index contributed by atoms with van der Waals surface area (Å²) in [6.07, 6.45) is 4.20. The first-order valence-corrected chi connectivity index (χ1v) is 6.43. The molecule has 1 unspecified atom stereocenters. The van der Waals surface area contributed by atoms with E-state index in [0.717, 1.165) is 25.3 Å². The minimum atomic E-state index is 0.571. The molecule has 1 aliphatic heterocycles. The second-order valence-electron chi connectivity index (χ2n) is 4.75. The Labute approximate surface area is 103 Å². The summed E-state index contributed by atoms with van der Waals surface area (Å²) in [5, 5.41) is 6.87. The summed E-state index contributed by atoms with van der Waals surface area (Å²) in [6.45, 7) is 5.44. The molecule has 2 rings (SSSR count). The highest BCUT2D eigenvalue weighted by Crippen LogP contribution is 2.16. The molecule has 1 saturated heterocycles. The van der Waals surface area contributed by atoms with Crippen molar-refractivity contribution >= 4 is 11.5 Å². The van der Waals surface area contributed by atoms with E-state index >= 15 is 0 Å². The van der Waals surface area contributed by atoms with E-state index in [1.807, 2.05) is 12.3 Å². The zero-order valence-corrected chi connectivity index (χ0v) is 10.7. The molecule has 0 aliphatic carbocycles. The molecule has 1 atom stereocenters. The SMILES string of the molecule is CCCNc1cc(NC2CCN(C)C2)ccn1. The average Bonchev–Trinajstić information content (AvgIpc) is 2.73. The Bertz CT molecular complexity index is 353. The van der Waals surface area contributed by atoms with Gasteiger partial charge in [-0.3, -0.25) is 0 Å². The fraction of sp³-hybridized carbons (Fsp3) is 0.615. The van der Waals surface area contributed by atoms with Crippen molar-refractivity contribution in [1.82, 2.24) is 9.88 Å². The molecule has 1 fully saturated rings. The molecule has 4 heteroatoms. The second-order valence-corrected chi connectivity index (χ2v) is 4.75. The Balaban J connectivity index is 1.91. The third-order valence-electron chi connectivity index (χ3n) is 3.08. The summed E-state index contributed by atoms with van der Waals surface area (Å²) in [6, 6.07) is 4.70. The molecule has 2 heterocycles. The number of likely N-dealkylation sites (N-methyl/N-ethyl adjacent to an activating group) is 1. The Kier molecular flexibility index (Phi) is 4.20. The van der Waals surface area contributed by atoms with Gasteiger partial charge in [-0.05, 0) is 32.5 Å².